The van der Waals surface area contributed by atoms with Crippen molar-refractivity contribution in [2.75, 3.05) is 13.1 Å². The zero-order valence-corrected chi connectivity index (χ0v) is 8.84. The molecule has 0 atom stereocenters. The number of ether oxygens (including phenoxy) is 1. The van der Waals surface area contributed by atoms with Crippen LogP contribution < -0.4 is 10.1 Å². The molecule has 0 unspecified atom stereocenters. The highest BCUT2D eigenvalue weighted by Crippen LogP contribution is 2.25. The lowest BCUT2D eigenvalue weighted by Gasteiger charge is -2.39. The van der Waals surface area contributed by atoms with Crippen molar-refractivity contribution in [3.05, 3.63) is 29.8 Å². The van der Waals surface area contributed by atoms with E-state index < -0.39 is 0 Å². The van der Waals surface area contributed by atoms with E-state index in [2.05, 4.69) is 37.4 Å². The molecule has 0 radical (unpaired) electrons. The van der Waals surface area contributed by atoms with Crippen LogP contribution in [-0.4, -0.2) is 18.7 Å². The van der Waals surface area contributed by atoms with Gasteiger partial charge in [0.15, 0.2) is 0 Å². The fraction of sp³-hybridized carbons (Fsp3) is 0.500. The van der Waals surface area contributed by atoms with Crippen molar-refractivity contribution in [1.29, 1.82) is 0 Å². The molecule has 0 spiro atoms. The van der Waals surface area contributed by atoms with Crippen molar-refractivity contribution in [3.8, 4) is 5.75 Å². The number of para-hydroxylation sites is 1. The Labute approximate surface area is 85.3 Å². The Morgan fingerprint density at radius 3 is 2.64 bits per heavy atom. The summed E-state index contributed by atoms with van der Waals surface area (Å²) >= 11 is 0. The summed E-state index contributed by atoms with van der Waals surface area (Å²) < 4.78 is 6.00. The molecule has 2 rings (SSSR count). The van der Waals surface area contributed by atoms with E-state index >= 15 is 0 Å². The zero-order chi connectivity index (χ0) is 10.0. The molecule has 1 aliphatic heterocycles. The Morgan fingerprint density at radius 2 is 2.07 bits per heavy atom. The van der Waals surface area contributed by atoms with Gasteiger partial charge in [-0.3, -0.25) is 0 Å². The lowest BCUT2D eigenvalue weighted by atomic mass is 9.99. The summed E-state index contributed by atoms with van der Waals surface area (Å²) in [5.74, 6) is 1.04. The molecule has 0 aliphatic carbocycles. The smallest absolute Gasteiger partial charge is 0.131 e. The van der Waals surface area contributed by atoms with E-state index in [0.717, 1.165) is 25.3 Å². The molecule has 14 heavy (non-hydrogen) atoms. The molecule has 1 aromatic carbocycles. The molecule has 2 nitrogen and oxygen atoms in total. The van der Waals surface area contributed by atoms with Gasteiger partial charge in [-0.05, 0) is 25.0 Å². The molecule has 0 saturated carbocycles. The van der Waals surface area contributed by atoms with E-state index in [4.69, 9.17) is 4.74 Å². The van der Waals surface area contributed by atoms with E-state index in [9.17, 15) is 0 Å². The molecule has 76 valence electrons. The summed E-state index contributed by atoms with van der Waals surface area (Å²) in [7, 11) is 0. The van der Waals surface area contributed by atoms with Crippen LogP contribution in [-0.2, 0) is 6.42 Å². The standard InChI is InChI=1S/C12H17NO/c1-3-10-6-4-5-7-11(10)14-12(2)8-13-9-12/h4-7,13H,3,8-9H2,1-2H3. The predicted octanol–water partition coefficient (Wildman–Crippen LogP) is 1.99. The van der Waals surface area contributed by atoms with E-state index in [0.29, 0.717) is 0 Å². The maximum absolute atomic E-state index is 6.00. The number of rotatable bonds is 3. The van der Waals surface area contributed by atoms with Crippen LogP contribution >= 0.6 is 0 Å². The van der Waals surface area contributed by atoms with Crippen molar-refractivity contribution in [2.24, 2.45) is 0 Å². The summed E-state index contributed by atoms with van der Waals surface area (Å²) in [4.78, 5) is 0. The summed E-state index contributed by atoms with van der Waals surface area (Å²) in [5.41, 5.74) is 1.30. The normalized spacial score (nSPS) is 18.7. The van der Waals surface area contributed by atoms with Gasteiger partial charge in [0.05, 0.1) is 0 Å². The van der Waals surface area contributed by atoms with Gasteiger partial charge in [0, 0.05) is 13.1 Å². The lowest BCUT2D eigenvalue weighted by Crippen LogP contribution is -2.61. The van der Waals surface area contributed by atoms with Crippen LogP contribution in [0.3, 0.4) is 0 Å². The first-order valence-corrected chi connectivity index (χ1v) is 5.21. The average molecular weight is 191 g/mol. The molecule has 1 aromatic rings. The molecule has 1 saturated heterocycles. The van der Waals surface area contributed by atoms with Gasteiger partial charge in [-0.1, -0.05) is 25.1 Å². The summed E-state index contributed by atoms with van der Waals surface area (Å²) in [6, 6.07) is 8.28. The van der Waals surface area contributed by atoms with E-state index in [1.54, 1.807) is 0 Å². The van der Waals surface area contributed by atoms with Crippen LogP contribution in [0.2, 0.25) is 0 Å². The molecular formula is C12H17NO. The van der Waals surface area contributed by atoms with Crippen LogP contribution in [0.1, 0.15) is 19.4 Å². The molecule has 2 heteroatoms. The van der Waals surface area contributed by atoms with Gasteiger partial charge in [-0.2, -0.15) is 0 Å². The Kier molecular flexibility index (Phi) is 2.46. The van der Waals surface area contributed by atoms with Crippen molar-refractivity contribution >= 4 is 0 Å². The van der Waals surface area contributed by atoms with Gasteiger partial charge in [-0.25, -0.2) is 0 Å². The largest absolute Gasteiger partial charge is 0.485 e. The number of benzene rings is 1. The minimum absolute atomic E-state index is 0.00523. The maximum Gasteiger partial charge on any atom is 0.131 e. The second-order valence-electron chi connectivity index (χ2n) is 4.12. The Morgan fingerprint density at radius 1 is 1.36 bits per heavy atom. The Balaban J connectivity index is 2.15. The molecule has 1 heterocycles. The molecule has 1 fully saturated rings. The lowest BCUT2D eigenvalue weighted by molar-refractivity contribution is 0.0340. The highest BCUT2D eigenvalue weighted by molar-refractivity contribution is 5.34. The van der Waals surface area contributed by atoms with Gasteiger partial charge >= 0.3 is 0 Å². The van der Waals surface area contributed by atoms with E-state index in [1.807, 2.05) is 6.07 Å². The van der Waals surface area contributed by atoms with Crippen LogP contribution in [0.15, 0.2) is 24.3 Å². The Hall–Kier alpha value is -1.02. The number of hydrogen-bond donors (Lipinski definition) is 1. The second-order valence-corrected chi connectivity index (χ2v) is 4.12. The highest BCUT2D eigenvalue weighted by atomic mass is 16.5. The fourth-order valence-corrected chi connectivity index (χ4v) is 1.71. The summed E-state index contributed by atoms with van der Waals surface area (Å²) in [6.45, 7) is 6.20. The van der Waals surface area contributed by atoms with Crippen molar-refractivity contribution in [3.63, 3.8) is 0 Å². The SMILES string of the molecule is CCc1ccccc1OC1(C)CNC1. The Bertz CT molecular complexity index is 318. The van der Waals surface area contributed by atoms with Gasteiger partial charge in [0.2, 0.25) is 0 Å². The molecule has 1 N–H and O–H groups in total. The fourth-order valence-electron chi connectivity index (χ4n) is 1.71. The second kappa shape index (κ2) is 3.62. The van der Waals surface area contributed by atoms with Gasteiger partial charge in [0.1, 0.15) is 11.4 Å². The summed E-state index contributed by atoms with van der Waals surface area (Å²) in [6.07, 6.45) is 1.03. The molecule has 0 amide bonds. The molecular weight excluding hydrogens is 174 g/mol. The monoisotopic (exact) mass is 191 g/mol. The number of hydrogen-bond acceptors (Lipinski definition) is 2. The first-order chi connectivity index (χ1) is 6.73. The third kappa shape index (κ3) is 1.75. The van der Waals surface area contributed by atoms with Crippen LogP contribution in [0.25, 0.3) is 0 Å². The molecule has 0 bridgehead atoms. The minimum atomic E-state index is 0.00523. The minimum Gasteiger partial charge on any atom is -0.485 e. The van der Waals surface area contributed by atoms with E-state index in [1.165, 1.54) is 5.56 Å². The van der Waals surface area contributed by atoms with E-state index in [-0.39, 0.29) is 5.60 Å². The van der Waals surface area contributed by atoms with Gasteiger partial charge in [-0.15, -0.1) is 0 Å². The number of nitrogens with one attached hydrogen (secondary N) is 1. The first-order valence-electron chi connectivity index (χ1n) is 5.21. The van der Waals surface area contributed by atoms with Gasteiger partial charge < -0.3 is 10.1 Å². The van der Waals surface area contributed by atoms with Crippen LogP contribution in [0.5, 0.6) is 5.75 Å². The van der Waals surface area contributed by atoms with Crippen molar-refractivity contribution in [2.45, 2.75) is 25.9 Å². The van der Waals surface area contributed by atoms with Crippen molar-refractivity contribution < 1.29 is 4.74 Å². The van der Waals surface area contributed by atoms with Crippen LogP contribution in [0, 0.1) is 0 Å². The molecule has 0 aromatic heterocycles. The molecule has 1 aliphatic rings. The topological polar surface area (TPSA) is 21.3 Å². The van der Waals surface area contributed by atoms with Gasteiger partial charge in [0.25, 0.3) is 0 Å². The van der Waals surface area contributed by atoms with Crippen molar-refractivity contribution in [1.82, 2.24) is 5.32 Å². The quantitative estimate of drug-likeness (QED) is 0.789. The highest BCUT2D eigenvalue weighted by Gasteiger charge is 2.34. The third-order valence-corrected chi connectivity index (χ3v) is 2.71. The maximum atomic E-state index is 6.00. The first kappa shape index (κ1) is 9.53. The third-order valence-electron chi connectivity index (χ3n) is 2.71. The van der Waals surface area contributed by atoms with Crippen LogP contribution in [0.4, 0.5) is 0 Å². The average Bonchev–Trinajstić information content (AvgIpc) is 2.16. The zero-order valence-electron chi connectivity index (χ0n) is 8.84. The predicted molar refractivity (Wildman–Crippen MR) is 57.7 cm³/mol. The number of aryl methyl sites for hydroxylation is 1. The summed E-state index contributed by atoms with van der Waals surface area (Å²) in [5, 5.41) is 3.23.